The maximum atomic E-state index is 13.7. The Bertz CT molecular complexity index is 308. The fourth-order valence-electron chi connectivity index (χ4n) is 1.79. The van der Waals surface area contributed by atoms with Gasteiger partial charge in [0, 0.05) is 19.6 Å². The standard InChI is InChI=1S/C12H19FN2/c1-4-15(5-2)12-10(9-14-3)7-6-8-11(12)13/h6-8,14H,4-5,9H2,1-3H3. The van der Waals surface area contributed by atoms with Gasteiger partial charge in [-0.15, -0.1) is 0 Å². The topological polar surface area (TPSA) is 15.3 Å². The molecule has 0 amide bonds. The quantitative estimate of drug-likeness (QED) is 0.802. The molecule has 0 bridgehead atoms. The predicted octanol–water partition coefficient (Wildman–Crippen LogP) is 2.39. The average Bonchev–Trinajstić information content (AvgIpc) is 2.24. The summed E-state index contributed by atoms with van der Waals surface area (Å²) in [4.78, 5) is 2.04. The highest BCUT2D eigenvalue weighted by Crippen LogP contribution is 2.24. The fraction of sp³-hybridized carbons (Fsp3) is 0.500. The Morgan fingerprint density at radius 3 is 2.47 bits per heavy atom. The monoisotopic (exact) mass is 210 g/mol. The second kappa shape index (κ2) is 5.71. The second-order valence-corrected chi connectivity index (χ2v) is 3.45. The van der Waals surface area contributed by atoms with Crippen molar-refractivity contribution in [3.63, 3.8) is 0 Å². The highest BCUT2D eigenvalue weighted by atomic mass is 19.1. The Morgan fingerprint density at radius 2 is 1.93 bits per heavy atom. The first-order valence-corrected chi connectivity index (χ1v) is 5.41. The van der Waals surface area contributed by atoms with Crippen LogP contribution < -0.4 is 10.2 Å². The van der Waals surface area contributed by atoms with E-state index in [2.05, 4.69) is 5.32 Å². The predicted molar refractivity (Wildman–Crippen MR) is 62.7 cm³/mol. The van der Waals surface area contributed by atoms with Crippen LogP contribution in [-0.4, -0.2) is 20.1 Å². The molecule has 0 aliphatic rings. The van der Waals surface area contributed by atoms with Gasteiger partial charge < -0.3 is 10.2 Å². The van der Waals surface area contributed by atoms with E-state index < -0.39 is 0 Å². The molecule has 0 aliphatic heterocycles. The Balaban J connectivity index is 3.10. The SMILES string of the molecule is CCN(CC)c1c(F)cccc1CNC. The molecule has 0 aliphatic carbocycles. The number of rotatable bonds is 5. The van der Waals surface area contributed by atoms with Crippen molar-refractivity contribution in [3.8, 4) is 0 Å². The summed E-state index contributed by atoms with van der Waals surface area (Å²) in [6.45, 7) is 6.43. The summed E-state index contributed by atoms with van der Waals surface area (Å²) in [6, 6.07) is 5.25. The van der Waals surface area contributed by atoms with Crippen LogP contribution in [-0.2, 0) is 6.54 Å². The Kier molecular flexibility index (Phi) is 4.56. The highest BCUT2D eigenvalue weighted by molar-refractivity contribution is 5.54. The van der Waals surface area contributed by atoms with Gasteiger partial charge in [0.25, 0.3) is 0 Å². The van der Waals surface area contributed by atoms with Crippen molar-refractivity contribution < 1.29 is 4.39 Å². The lowest BCUT2D eigenvalue weighted by Crippen LogP contribution is -2.25. The Hall–Kier alpha value is -1.09. The number of hydrogen-bond donors (Lipinski definition) is 1. The molecule has 1 rings (SSSR count). The molecule has 0 unspecified atom stereocenters. The number of nitrogens with one attached hydrogen (secondary N) is 1. The van der Waals surface area contributed by atoms with Crippen molar-refractivity contribution >= 4 is 5.69 Å². The van der Waals surface area contributed by atoms with Gasteiger partial charge in [0.1, 0.15) is 5.82 Å². The minimum absolute atomic E-state index is 0.133. The van der Waals surface area contributed by atoms with Crippen LogP contribution in [0, 0.1) is 5.82 Å². The number of halogens is 1. The van der Waals surface area contributed by atoms with Crippen LogP contribution in [0.25, 0.3) is 0 Å². The van der Waals surface area contributed by atoms with E-state index in [1.165, 1.54) is 6.07 Å². The van der Waals surface area contributed by atoms with Gasteiger partial charge >= 0.3 is 0 Å². The summed E-state index contributed by atoms with van der Waals surface area (Å²) in [6.07, 6.45) is 0. The Morgan fingerprint density at radius 1 is 1.27 bits per heavy atom. The summed E-state index contributed by atoms with van der Waals surface area (Å²) < 4.78 is 13.7. The summed E-state index contributed by atoms with van der Waals surface area (Å²) in [7, 11) is 1.87. The van der Waals surface area contributed by atoms with E-state index in [4.69, 9.17) is 0 Å². The van der Waals surface area contributed by atoms with Gasteiger partial charge in [-0.25, -0.2) is 4.39 Å². The fourth-order valence-corrected chi connectivity index (χ4v) is 1.79. The van der Waals surface area contributed by atoms with E-state index in [1.54, 1.807) is 6.07 Å². The van der Waals surface area contributed by atoms with Crippen LogP contribution in [0.5, 0.6) is 0 Å². The summed E-state index contributed by atoms with van der Waals surface area (Å²) >= 11 is 0. The molecule has 1 aromatic rings. The van der Waals surface area contributed by atoms with Crippen LogP contribution in [0.2, 0.25) is 0 Å². The third-order valence-corrected chi connectivity index (χ3v) is 2.52. The first kappa shape index (κ1) is 12.0. The zero-order chi connectivity index (χ0) is 11.3. The minimum Gasteiger partial charge on any atom is -0.369 e. The van der Waals surface area contributed by atoms with Crippen LogP contribution in [0.4, 0.5) is 10.1 Å². The molecule has 3 heteroatoms. The molecular formula is C12H19FN2. The number of anilines is 1. The van der Waals surface area contributed by atoms with Gasteiger partial charge in [0.15, 0.2) is 0 Å². The van der Waals surface area contributed by atoms with Gasteiger partial charge in [-0.1, -0.05) is 12.1 Å². The first-order chi connectivity index (χ1) is 7.24. The molecule has 1 aromatic carbocycles. The van der Waals surface area contributed by atoms with Gasteiger partial charge in [-0.2, -0.15) is 0 Å². The largest absolute Gasteiger partial charge is 0.369 e. The van der Waals surface area contributed by atoms with Crippen LogP contribution in [0.3, 0.4) is 0 Å². The zero-order valence-corrected chi connectivity index (χ0v) is 9.68. The third kappa shape index (κ3) is 2.69. The summed E-state index contributed by atoms with van der Waals surface area (Å²) in [5, 5.41) is 3.06. The van der Waals surface area contributed by atoms with E-state index in [0.29, 0.717) is 6.54 Å². The molecule has 0 atom stereocenters. The molecule has 15 heavy (non-hydrogen) atoms. The summed E-state index contributed by atoms with van der Waals surface area (Å²) in [5.41, 5.74) is 1.75. The normalized spacial score (nSPS) is 10.4. The minimum atomic E-state index is -0.133. The smallest absolute Gasteiger partial charge is 0.146 e. The summed E-state index contributed by atoms with van der Waals surface area (Å²) in [5.74, 6) is -0.133. The van der Waals surface area contributed by atoms with Gasteiger partial charge in [0.2, 0.25) is 0 Å². The van der Waals surface area contributed by atoms with E-state index in [0.717, 1.165) is 24.3 Å². The number of benzene rings is 1. The van der Waals surface area contributed by atoms with E-state index in [9.17, 15) is 4.39 Å². The highest BCUT2D eigenvalue weighted by Gasteiger charge is 2.12. The lowest BCUT2D eigenvalue weighted by Gasteiger charge is -2.24. The molecule has 0 heterocycles. The van der Waals surface area contributed by atoms with Crippen LogP contribution in [0.1, 0.15) is 19.4 Å². The number of nitrogens with zero attached hydrogens (tertiary/aromatic N) is 1. The van der Waals surface area contributed by atoms with E-state index in [-0.39, 0.29) is 5.82 Å². The lowest BCUT2D eigenvalue weighted by molar-refractivity contribution is 0.615. The lowest BCUT2D eigenvalue weighted by atomic mass is 10.1. The van der Waals surface area contributed by atoms with Crippen molar-refractivity contribution in [2.45, 2.75) is 20.4 Å². The van der Waals surface area contributed by atoms with Crippen molar-refractivity contribution in [2.24, 2.45) is 0 Å². The molecular weight excluding hydrogens is 191 g/mol. The molecule has 0 radical (unpaired) electrons. The average molecular weight is 210 g/mol. The van der Waals surface area contributed by atoms with Crippen molar-refractivity contribution in [1.29, 1.82) is 0 Å². The second-order valence-electron chi connectivity index (χ2n) is 3.45. The number of hydrogen-bond acceptors (Lipinski definition) is 2. The molecule has 0 fully saturated rings. The van der Waals surface area contributed by atoms with Crippen LogP contribution >= 0.6 is 0 Å². The molecule has 0 aromatic heterocycles. The van der Waals surface area contributed by atoms with Crippen molar-refractivity contribution in [2.75, 3.05) is 25.0 Å². The Labute approximate surface area is 91.1 Å². The van der Waals surface area contributed by atoms with Gasteiger partial charge in [-0.3, -0.25) is 0 Å². The van der Waals surface area contributed by atoms with Gasteiger partial charge in [-0.05, 0) is 32.5 Å². The maximum absolute atomic E-state index is 13.7. The van der Waals surface area contributed by atoms with E-state index in [1.807, 2.05) is 31.9 Å². The van der Waals surface area contributed by atoms with E-state index >= 15 is 0 Å². The molecule has 0 saturated carbocycles. The van der Waals surface area contributed by atoms with Crippen LogP contribution in [0.15, 0.2) is 18.2 Å². The molecule has 2 nitrogen and oxygen atoms in total. The molecule has 84 valence electrons. The zero-order valence-electron chi connectivity index (χ0n) is 9.68. The molecule has 1 N–H and O–H groups in total. The molecule has 0 saturated heterocycles. The van der Waals surface area contributed by atoms with Crippen molar-refractivity contribution in [1.82, 2.24) is 5.32 Å². The van der Waals surface area contributed by atoms with Crippen molar-refractivity contribution in [3.05, 3.63) is 29.6 Å². The first-order valence-electron chi connectivity index (χ1n) is 5.41. The van der Waals surface area contributed by atoms with Gasteiger partial charge in [0.05, 0.1) is 5.69 Å². The number of para-hydroxylation sites is 1. The maximum Gasteiger partial charge on any atom is 0.146 e. The third-order valence-electron chi connectivity index (χ3n) is 2.52. The molecule has 0 spiro atoms.